The lowest BCUT2D eigenvalue weighted by molar-refractivity contribution is 0.147. The van der Waals surface area contributed by atoms with Gasteiger partial charge in [0, 0.05) is 39.3 Å². The van der Waals surface area contributed by atoms with Crippen molar-refractivity contribution in [3.05, 3.63) is 42.5 Å². The first-order chi connectivity index (χ1) is 11.4. The minimum absolute atomic E-state index is 0.0607. The van der Waals surface area contributed by atoms with E-state index in [-0.39, 0.29) is 10.9 Å². The molecule has 1 aromatic rings. The van der Waals surface area contributed by atoms with E-state index in [9.17, 15) is 13.2 Å². The summed E-state index contributed by atoms with van der Waals surface area (Å²) in [4.78, 5) is 16.3. The highest BCUT2D eigenvalue weighted by molar-refractivity contribution is 7.89. The number of nitrogens with two attached hydrogens (primary N) is 1. The fraction of sp³-hybridized carbons (Fsp3) is 0.438. The van der Waals surface area contributed by atoms with Crippen LogP contribution in [0.5, 0.6) is 0 Å². The van der Waals surface area contributed by atoms with E-state index in [4.69, 9.17) is 5.14 Å². The molecule has 0 unspecified atom stereocenters. The Balaban J connectivity index is 1.74. The zero-order chi connectivity index (χ0) is 17.6. The second-order valence-electron chi connectivity index (χ2n) is 5.75. The highest BCUT2D eigenvalue weighted by Gasteiger charge is 2.19. The van der Waals surface area contributed by atoms with Gasteiger partial charge in [-0.05, 0) is 24.1 Å². The van der Waals surface area contributed by atoms with Crippen molar-refractivity contribution >= 4 is 16.1 Å². The van der Waals surface area contributed by atoms with Crippen molar-refractivity contribution in [3.63, 3.8) is 0 Å². The summed E-state index contributed by atoms with van der Waals surface area (Å²) in [5.74, 6) is 0. The summed E-state index contributed by atoms with van der Waals surface area (Å²) in [6.07, 6.45) is 2.50. The summed E-state index contributed by atoms with van der Waals surface area (Å²) < 4.78 is 22.4. The van der Waals surface area contributed by atoms with Gasteiger partial charge in [0.25, 0.3) is 0 Å². The summed E-state index contributed by atoms with van der Waals surface area (Å²) >= 11 is 0. The Labute approximate surface area is 143 Å². The van der Waals surface area contributed by atoms with E-state index in [2.05, 4.69) is 16.8 Å². The molecule has 0 radical (unpaired) electrons. The molecule has 0 saturated carbocycles. The van der Waals surface area contributed by atoms with Crippen LogP contribution >= 0.6 is 0 Å². The quantitative estimate of drug-likeness (QED) is 0.724. The molecular formula is C16H24N4O3S. The Morgan fingerprint density at radius 2 is 1.83 bits per heavy atom. The molecule has 0 aromatic heterocycles. The van der Waals surface area contributed by atoms with Crippen LogP contribution in [0.25, 0.3) is 0 Å². The number of sulfonamides is 1. The Kier molecular flexibility index (Phi) is 6.36. The molecule has 132 valence electrons. The second kappa shape index (κ2) is 8.27. The second-order valence-corrected chi connectivity index (χ2v) is 7.31. The largest absolute Gasteiger partial charge is 0.338 e. The normalized spacial score (nSPS) is 16.0. The molecule has 0 atom stereocenters. The number of benzene rings is 1. The summed E-state index contributed by atoms with van der Waals surface area (Å²) in [5, 5.41) is 7.96. The SMILES string of the molecule is C=CCN1CCN(C(=O)NCCc2ccc(S(N)(=O)=O)cc2)CC1. The van der Waals surface area contributed by atoms with Gasteiger partial charge < -0.3 is 10.2 Å². The lowest BCUT2D eigenvalue weighted by Crippen LogP contribution is -2.51. The number of rotatable bonds is 6. The molecule has 7 nitrogen and oxygen atoms in total. The number of hydrogen-bond acceptors (Lipinski definition) is 4. The molecule has 1 fully saturated rings. The van der Waals surface area contributed by atoms with Crippen molar-refractivity contribution in [2.45, 2.75) is 11.3 Å². The van der Waals surface area contributed by atoms with Crippen molar-refractivity contribution in [2.75, 3.05) is 39.3 Å². The molecule has 0 spiro atoms. The van der Waals surface area contributed by atoms with Gasteiger partial charge in [-0.3, -0.25) is 4.90 Å². The third-order valence-electron chi connectivity index (χ3n) is 3.99. The topological polar surface area (TPSA) is 95.7 Å². The van der Waals surface area contributed by atoms with Gasteiger partial charge in [-0.15, -0.1) is 6.58 Å². The molecule has 24 heavy (non-hydrogen) atoms. The minimum Gasteiger partial charge on any atom is -0.338 e. The number of amides is 2. The van der Waals surface area contributed by atoms with Crippen LogP contribution in [-0.4, -0.2) is 63.5 Å². The summed E-state index contributed by atoms with van der Waals surface area (Å²) in [7, 11) is -3.66. The molecule has 0 aliphatic carbocycles. The van der Waals surface area contributed by atoms with Gasteiger partial charge in [-0.2, -0.15) is 0 Å². The zero-order valence-corrected chi connectivity index (χ0v) is 14.5. The van der Waals surface area contributed by atoms with Crippen molar-refractivity contribution in [3.8, 4) is 0 Å². The van der Waals surface area contributed by atoms with Crippen molar-refractivity contribution in [2.24, 2.45) is 5.14 Å². The smallest absolute Gasteiger partial charge is 0.317 e. The van der Waals surface area contributed by atoms with Crippen LogP contribution in [0.15, 0.2) is 41.8 Å². The predicted molar refractivity (Wildman–Crippen MR) is 93.1 cm³/mol. The van der Waals surface area contributed by atoms with Gasteiger partial charge in [0.2, 0.25) is 10.0 Å². The number of carbonyl (C=O) groups excluding carboxylic acids is 1. The summed E-state index contributed by atoms with van der Waals surface area (Å²) in [6.45, 7) is 8.21. The molecule has 0 bridgehead atoms. The van der Waals surface area contributed by atoms with E-state index in [0.29, 0.717) is 26.1 Å². The third kappa shape index (κ3) is 5.33. The van der Waals surface area contributed by atoms with Crippen LogP contribution in [0.2, 0.25) is 0 Å². The average molecular weight is 352 g/mol. The minimum atomic E-state index is -3.66. The number of nitrogens with zero attached hydrogens (tertiary/aromatic N) is 2. The maximum Gasteiger partial charge on any atom is 0.317 e. The fourth-order valence-electron chi connectivity index (χ4n) is 2.59. The zero-order valence-electron chi connectivity index (χ0n) is 13.6. The number of piperazine rings is 1. The van der Waals surface area contributed by atoms with Crippen LogP contribution < -0.4 is 10.5 Å². The molecule has 1 aliphatic heterocycles. The Hall–Kier alpha value is -1.90. The molecule has 2 amide bonds. The molecule has 1 aliphatic rings. The number of nitrogens with one attached hydrogen (secondary N) is 1. The summed E-state index contributed by atoms with van der Waals surface area (Å²) in [5.41, 5.74) is 0.943. The van der Waals surface area contributed by atoms with Gasteiger partial charge >= 0.3 is 6.03 Å². The number of carbonyl (C=O) groups is 1. The average Bonchev–Trinajstić information content (AvgIpc) is 2.55. The van der Waals surface area contributed by atoms with Gasteiger partial charge in [0.05, 0.1) is 4.90 Å². The standard InChI is InChI=1S/C16H24N4O3S/c1-2-9-19-10-12-20(13-11-19)16(21)18-8-7-14-3-5-15(6-4-14)24(17,22)23/h2-6H,1,7-13H2,(H,18,21)(H2,17,22,23). The highest BCUT2D eigenvalue weighted by atomic mass is 32.2. The lowest BCUT2D eigenvalue weighted by Gasteiger charge is -2.34. The maximum atomic E-state index is 12.1. The molecule has 3 N–H and O–H groups in total. The number of hydrogen-bond donors (Lipinski definition) is 2. The summed E-state index contributed by atoms with van der Waals surface area (Å²) in [6, 6.07) is 6.31. The van der Waals surface area contributed by atoms with Gasteiger partial charge in [0.1, 0.15) is 0 Å². The number of urea groups is 1. The Bertz CT molecular complexity index is 665. The van der Waals surface area contributed by atoms with E-state index in [1.165, 1.54) is 12.1 Å². The first kappa shape index (κ1) is 18.4. The van der Waals surface area contributed by atoms with Crippen LogP contribution in [-0.2, 0) is 16.4 Å². The molecular weight excluding hydrogens is 328 g/mol. The molecule has 1 heterocycles. The molecule has 2 rings (SSSR count). The van der Waals surface area contributed by atoms with Gasteiger partial charge in [0.15, 0.2) is 0 Å². The van der Waals surface area contributed by atoms with Crippen molar-refractivity contribution < 1.29 is 13.2 Å². The van der Waals surface area contributed by atoms with E-state index in [1.807, 2.05) is 11.0 Å². The lowest BCUT2D eigenvalue weighted by atomic mass is 10.1. The molecule has 1 aromatic carbocycles. The van der Waals surface area contributed by atoms with Gasteiger partial charge in [-0.25, -0.2) is 18.4 Å². The third-order valence-corrected chi connectivity index (χ3v) is 4.92. The molecule has 8 heteroatoms. The van der Waals surface area contributed by atoms with E-state index < -0.39 is 10.0 Å². The van der Waals surface area contributed by atoms with Crippen molar-refractivity contribution in [1.29, 1.82) is 0 Å². The maximum absolute atomic E-state index is 12.1. The van der Waals surface area contributed by atoms with Crippen LogP contribution in [0, 0.1) is 0 Å². The monoisotopic (exact) mass is 352 g/mol. The fourth-order valence-corrected chi connectivity index (χ4v) is 3.10. The predicted octanol–water partition coefficient (Wildman–Crippen LogP) is 0.390. The highest BCUT2D eigenvalue weighted by Crippen LogP contribution is 2.09. The van der Waals surface area contributed by atoms with Crippen LogP contribution in [0.3, 0.4) is 0 Å². The number of primary sulfonamides is 1. The van der Waals surface area contributed by atoms with Crippen LogP contribution in [0.4, 0.5) is 4.79 Å². The van der Waals surface area contributed by atoms with E-state index >= 15 is 0 Å². The van der Waals surface area contributed by atoms with Crippen molar-refractivity contribution in [1.82, 2.24) is 15.1 Å². The van der Waals surface area contributed by atoms with E-state index in [1.54, 1.807) is 12.1 Å². The van der Waals surface area contributed by atoms with E-state index in [0.717, 1.165) is 25.2 Å². The Morgan fingerprint density at radius 1 is 1.21 bits per heavy atom. The first-order valence-corrected chi connectivity index (χ1v) is 9.42. The Morgan fingerprint density at radius 3 is 2.38 bits per heavy atom. The van der Waals surface area contributed by atoms with Gasteiger partial charge in [-0.1, -0.05) is 18.2 Å². The van der Waals surface area contributed by atoms with Crippen LogP contribution in [0.1, 0.15) is 5.56 Å². The first-order valence-electron chi connectivity index (χ1n) is 7.88. The molecule has 1 saturated heterocycles.